The Labute approximate surface area is 183 Å². The Balaban J connectivity index is 2.31. The first-order valence-electron chi connectivity index (χ1n) is 10.6. The van der Waals surface area contributed by atoms with Crippen LogP contribution in [0.3, 0.4) is 0 Å². The summed E-state index contributed by atoms with van der Waals surface area (Å²) < 4.78 is 25.0. The van der Waals surface area contributed by atoms with Crippen LogP contribution in [0.2, 0.25) is 0 Å². The number of nitrogens with zero attached hydrogens (tertiary/aromatic N) is 2. The second-order valence-electron chi connectivity index (χ2n) is 8.88. The molecule has 0 aromatic heterocycles. The highest BCUT2D eigenvalue weighted by atomic mass is 19.1. The van der Waals surface area contributed by atoms with Gasteiger partial charge in [0.25, 0.3) is 0 Å². The average molecular weight is 431 g/mol. The summed E-state index contributed by atoms with van der Waals surface area (Å²) in [6.07, 6.45) is 1.55. The standard InChI is InChI=1S/C24H31FN2O4/c1-6-7-16(2)30-22(28)21(13-17-10-18(14-26)12-20(25)11-17)19-8-9-27(15-19)23(29)31-24(3,4)5/h10-12,16H,6-9,13,15H2,1-5H3/b21-19+. The maximum absolute atomic E-state index is 13.9. The SMILES string of the molecule is CCCC(C)OC(=O)/C(Cc1cc(F)cc(C#N)c1)=C1\CCN(C(=O)OC(C)(C)C)C1. The smallest absolute Gasteiger partial charge is 0.410 e. The van der Waals surface area contributed by atoms with Gasteiger partial charge in [-0.05, 0) is 69.9 Å². The van der Waals surface area contributed by atoms with Gasteiger partial charge in [-0.3, -0.25) is 0 Å². The Morgan fingerprint density at radius 1 is 1.29 bits per heavy atom. The maximum atomic E-state index is 13.9. The molecule has 1 heterocycles. The highest BCUT2D eigenvalue weighted by Gasteiger charge is 2.30. The quantitative estimate of drug-likeness (QED) is 0.473. The zero-order valence-corrected chi connectivity index (χ0v) is 19.0. The molecule has 1 unspecified atom stereocenters. The molecule has 0 radical (unpaired) electrons. The van der Waals surface area contributed by atoms with Crippen LogP contribution in [0.1, 0.15) is 65.0 Å². The Hall–Kier alpha value is -2.88. The zero-order valence-electron chi connectivity index (χ0n) is 19.0. The first kappa shape index (κ1) is 24.4. The van der Waals surface area contributed by atoms with Crippen molar-refractivity contribution < 1.29 is 23.5 Å². The van der Waals surface area contributed by atoms with Crippen molar-refractivity contribution in [3.8, 4) is 6.07 Å². The number of benzene rings is 1. The van der Waals surface area contributed by atoms with Crippen LogP contribution in [-0.4, -0.2) is 41.8 Å². The predicted molar refractivity (Wildman–Crippen MR) is 115 cm³/mol. The van der Waals surface area contributed by atoms with Gasteiger partial charge in [-0.25, -0.2) is 14.0 Å². The fourth-order valence-corrected chi connectivity index (χ4v) is 3.47. The van der Waals surface area contributed by atoms with Crippen LogP contribution >= 0.6 is 0 Å². The van der Waals surface area contributed by atoms with Crippen LogP contribution in [-0.2, 0) is 20.7 Å². The van der Waals surface area contributed by atoms with E-state index < -0.39 is 23.5 Å². The monoisotopic (exact) mass is 430 g/mol. The van der Waals surface area contributed by atoms with E-state index in [9.17, 15) is 14.0 Å². The lowest BCUT2D eigenvalue weighted by Gasteiger charge is -2.24. The van der Waals surface area contributed by atoms with Gasteiger partial charge in [-0.1, -0.05) is 13.3 Å². The van der Waals surface area contributed by atoms with E-state index in [1.54, 1.807) is 31.7 Å². The predicted octanol–water partition coefficient (Wildman–Crippen LogP) is 4.91. The molecule has 0 N–H and O–H groups in total. The van der Waals surface area contributed by atoms with E-state index in [0.29, 0.717) is 24.1 Å². The summed E-state index contributed by atoms with van der Waals surface area (Å²) in [5, 5.41) is 9.13. The molecule has 1 aliphatic rings. The van der Waals surface area contributed by atoms with Gasteiger partial charge in [0.2, 0.25) is 0 Å². The zero-order chi connectivity index (χ0) is 23.2. The van der Waals surface area contributed by atoms with Crippen molar-refractivity contribution in [3.63, 3.8) is 0 Å². The van der Waals surface area contributed by atoms with E-state index in [4.69, 9.17) is 14.7 Å². The fraction of sp³-hybridized carbons (Fsp3) is 0.542. The lowest BCUT2D eigenvalue weighted by Crippen LogP contribution is -2.35. The topological polar surface area (TPSA) is 79.6 Å². The second-order valence-corrected chi connectivity index (χ2v) is 8.88. The normalized spacial score (nSPS) is 16.5. The number of carbonyl (C=O) groups excluding carboxylic acids is 2. The van der Waals surface area contributed by atoms with Gasteiger partial charge in [0, 0.05) is 25.1 Å². The number of ether oxygens (including phenoxy) is 2. The molecule has 168 valence electrons. The van der Waals surface area contributed by atoms with Crippen molar-refractivity contribution in [1.29, 1.82) is 5.26 Å². The molecule has 1 saturated heterocycles. The third-order valence-corrected chi connectivity index (χ3v) is 4.86. The molecule has 1 aromatic carbocycles. The average Bonchev–Trinajstić information content (AvgIpc) is 3.14. The number of esters is 1. The van der Waals surface area contributed by atoms with Crippen molar-refractivity contribution in [1.82, 2.24) is 4.90 Å². The van der Waals surface area contributed by atoms with Crippen molar-refractivity contribution in [2.75, 3.05) is 13.1 Å². The number of amides is 1. The summed E-state index contributed by atoms with van der Waals surface area (Å²) >= 11 is 0. The Morgan fingerprint density at radius 3 is 2.61 bits per heavy atom. The number of hydrogen-bond donors (Lipinski definition) is 0. The Morgan fingerprint density at radius 2 is 2.00 bits per heavy atom. The molecule has 2 rings (SSSR count). The van der Waals surface area contributed by atoms with Gasteiger partial charge in [-0.15, -0.1) is 0 Å². The highest BCUT2D eigenvalue weighted by Crippen LogP contribution is 2.26. The minimum absolute atomic E-state index is 0.127. The van der Waals surface area contributed by atoms with Gasteiger partial charge in [0.1, 0.15) is 11.4 Å². The number of likely N-dealkylation sites (tertiary alicyclic amines) is 1. The number of halogens is 1. The van der Waals surface area contributed by atoms with Gasteiger partial charge in [0.15, 0.2) is 0 Å². The summed E-state index contributed by atoms with van der Waals surface area (Å²) in [6, 6.07) is 5.95. The van der Waals surface area contributed by atoms with E-state index in [1.165, 1.54) is 6.07 Å². The van der Waals surface area contributed by atoms with Crippen LogP contribution in [0.25, 0.3) is 0 Å². The van der Waals surface area contributed by atoms with Gasteiger partial charge in [0.05, 0.1) is 17.7 Å². The Bertz CT molecular complexity index is 896. The molecule has 1 atom stereocenters. The summed E-state index contributed by atoms with van der Waals surface area (Å²) in [6.45, 7) is 9.92. The summed E-state index contributed by atoms with van der Waals surface area (Å²) in [5.41, 5.74) is 1.26. The molecule has 1 fully saturated rings. The molecule has 31 heavy (non-hydrogen) atoms. The summed E-state index contributed by atoms with van der Waals surface area (Å²) in [4.78, 5) is 27.0. The van der Waals surface area contributed by atoms with Crippen LogP contribution in [0.15, 0.2) is 29.3 Å². The van der Waals surface area contributed by atoms with Crippen LogP contribution in [0.5, 0.6) is 0 Å². The Kier molecular flexibility index (Phi) is 8.21. The minimum atomic E-state index is -0.615. The molecule has 1 aromatic rings. The number of rotatable bonds is 6. The van der Waals surface area contributed by atoms with E-state index >= 15 is 0 Å². The molecular formula is C24H31FN2O4. The van der Waals surface area contributed by atoms with Gasteiger partial charge < -0.3 is 14.4 Å². The van der Waals surface area contributed by atoms with Crippen molar-refractivity contribution in [3.05, 3.63) is 46.3 Å². The van der Waals surface area contributed by atoms with Crippen LogP contribution in [0, 0.1) is 17.1 Å². The van der Waals surface area contributed by atoms with E-state index in [-0.39, 0.29) is 24.6 Å². The van der Waals surface area contributed by atoms with Gasteiger partial charge >= 0.3 is 12.1 Å². The first-order chi connectivity index (χ1) is 14.5. The molecule has 0 saturated carbocycles. The largest absolute Gasteiger partial charge is 0.459 e. The molecule has 1 amide bonds. The lowest BCUT2D eigenvalue weighted by atomic mass is 9.98. The minimum Gasteiger partial charge on any atom is -0.459 e. The summed E-state index contributed by atoms with van der Waals surface area (Å²) in [5.74, 6) is -1.00. The van der Waals surface area contributed by atoms with Crippen LogP contribution < -0.4 is 0 Å². The molecule has 0 bridgehead atoms. The van der Waals surface area contributed by atoms with E-state index in [0.717, 1.165) is 24.5 Å². The van der Waals surface area contributed by atoms with Gasteiger partial charge in [-0.2, -0.15) is 5.26 Å². The molecule has 0 aliphatic carbocycles. The molecule has 6 nitrogen and oxygen atoms in total. The highest BCUT2D eigenvalue weighted by molar-refractivity contribution is 5.90. The van der Waals surface area contributed by atoms with Crippen molar-refractivity contribution in [2.45, 2.75) is 72.0 Å². The molecule has 7 heteroatoms. The third-order valence-electron chi connectivity index (χ3n) is 4.86. The molecule has 1 aliphatic heterocycles. The van der Waals surface area contributed by atoms with Crippen molar-refractivity contribution >= 4 is 12.1 Å². The first-order valence-corrected chi connectivity index (χ1v) is 10.6. The molecular weight excluding hydrogens is 399 g/mol. The van der Waals surface area contributed by atoms with E-state index in [1.807, 2.05) is 19.9 Å². The second kappa shape index (κ2) is 10.4. The summed E-state index contributed by atoms with van der Waals surface area (Å²) in [7, 11) is 0. The fourth-order valence-electron chi connectivity index (χ4n) is 3.47. The number of carbonyl (C=O) groups is 2. The van der Waals surface area contributed by atoms with Crippen LogP contribution in [0.4, 0.5) is 9.18 Å². The number of hydrogen-bond acceptors (Lipinski definition) is 5. The third kappa shape index (κ3) is 7.39. The maximum Gasteiger partial charge on any atom is 0.410 e. The lowest BCUT2D eigenvalue weighted by molar-refractivity contribution is -0.143. The van der Waals surface area contributed by atoms with Crippen molar-refractivity contribution in [2.24, 2.45) is 0 Å². The van der Waals surface area contributed by atoms with E-state index in [2.05, 4.69) is 0 Å². The number of nitriles is 1. The molecule has 0 spiro atoms.